The van der Waals surface area contributed by atoms with Gasteiger partial charge in [0.05, 0.1) is 18.8 Å². The number of allylic oxidation sites excluding steroid dienone is 4. The van der Waals surface area contributed by atoms with E-state index in [1.807, 2.05) is 6.08 Å². The molecule has 0 unspecified atom stereocenters. The first-order chi connectivity index (χ1) is 18.5. The largest absolute Gasteiger partial charge is 0.462 e. The Bertz CT molecular complexity index is 1100. The van der Waals surface area contributed by atoms with E-state index in [1.54, 1.807) is 19.1 Å². The first-order valence-corrected chi connectivity index (χ1v) is 14.7. The molecule has 3 fully saturated rings. The number of fused-ring (bicyclic) bond motifs is 2. The normalized spacial score (nSPS) is 46.8. The van der Waals surface area contributed by atoms with Gasteiger partial charge in [0.2, 0.25) is 0 Å². The Balaban J connectivity index is 1.51. The topological polar surface area (TPSA) is 91.3 Å². The summed E-state index contributed by atoms with van der Waals surface area (Å²) in [5.74, 6) is -1.95. The van der Waals surface area contributed by atoms with Crippen molar-refractivity contribution in [3.63, 3.8) is 0 Å². The fraction of sp³-hybridized carbons (Fsp3) is 0.688. The van der Waals surface area contributed by atoms with Gasteiger partial charge in [-0.15, -0.1) is 0 Å². The molecule has 2 bridgehead atoms. The average Bonchev–Trinajstić information content (AvgIpc) is 3.23. The van der Waals surface area contributed by atoms with Crippen molar-refractivity contribution in [2.75, 3.05) is 6.61 Å². The maximum Gasteiger partial charge on any atom is 0.316 e. The van der Waals surface area contributed by atoms with E-state index in [0.717, 1.165) is 25.7 Å². The van der Waals surface area contributed by atoms with Crippen molar-refractivity contribution in [3.05, 3.63) is 47.1 Å². The lowest BCUT2D eigenvalue weighted by Crippen LogP contribution is -2.57. The number of ether oxygens (including phenoxy) is 4. The van der Waals surface area contributed by atoms with Crippen molar-refractivity contribution < 1.29 is 33.6 Å². The van der Waals surface area contributed by atoms with Gasteiger partial charge >= 0.3 is 5.97 Å². The van der Waals surface area contributed by atoms with Crippen molar-refractivity contribution in [1.29, 1.82) is 0 Å². The van der Waals surface area contributed by atoms with E-state index in [1.165, 1.54) is 5.57 Å². The molecule has 1 N–H and O–H groups in total. The Morgan fingerprint density at radius 2 is 1.92 bits per heavy atom. The number of hydrogen-bond donors (Lipinski definition) is 1. The zero-order chi connectivity index (χ0) is 27.9. The number of carbonyl (C=O) groups excluding carboxylic acids is 2. The van der Waals surface area contributed by atoms with Gasteiger partial charge in [0.25, 0.3) is 0 Å². The molecule has 0 aromatic carbocycles. The first kappa shape index (κ1) is 28.5. The smallest absolute Gasteiger partial charge is 0.316 e. The van der Waals surface area contributed by atoms with Crippen LogP contribution in [0.15, 0.2) is 47.1 Å². The molecule has 0 aromatic heterocycles. The minimum Gasteiger partial charge on any atom is -0.462 e. The summed E-state index contributed by atoms with van der Waals surface area (Å²) in [7, 11) is 0. The van der Waals surface area contributed by atoms with Gasteiger partial charge in [-0.2, -0.15) is 0 Å². The Labute approximate surface area is 232 Å². The summed E-state index contributed by atoms with van der Waals surface area (Å²) in [6, 6.07) is 0. The monoisotopic (exact) mass is 540 g/mol. The van der Waals surface area contributed by atoms with Crippen molar-refractivity contribution in [2.24, 2.45) is 17.8 Å². The van der Waals surface area contributed by atoms with Crippen LogP contribution < -0.4 is 0 Å². The lowest BCUT2D eigenvalue weighted by molar-refractivity contribution is -0.335. The second-order valence-electron chi connectivity index (χ2n) is 12.5. The molecule has 0 aromatic rings. The number of rotatable bonds is 1. The molecule has 5 aliphatic rings. The van der Waals surface area contributed by atoms with Gasteiger partial charge in [0.1, 0.15) is 17.6 Å². The summed E-state index contributed by atoms with van der Waals surface area (Å²) >= 11 is 0. The van der Waals surface area contributed by atoms with Gasteiger partial charge in [-0.05, 0) is 62.5 Å². The number of hydrogen-bond acceptors (Lipinski definition) is 7. The molecule has 9 atom stereocenters. The molecule has 4 heterocycles. The number of aliphatic hydroxyl groups is 1. The van der Waals surface area contributed by atoms with Gasteiger partial charge in [-0.25, -0.2) is 0 Å². The Kier molecular flexibility index (Phi) is 8.08. The summed E-state index contributed by atoms with van der Waals surface area (Å²) in [6.07, 6.45) is 13.2. The first-order valence-electron chi connectivity index (χ1n) is 14.7. The van der Waals surface area contributed by atoms with Gasteiger partial charge < -0.3 is 24.1 Å². The molecule has 7 heteroatoms. The van der Waals surface area contributed by atoms with Crippen LogP contribution >= 0.6 is 0 Å². The Morgan fingerprint density at radius 1 is 1.13 bits per heavy atom. The maximum atomic E-state index is 13.8. The van der Waals surface area contributed by atoms with Gasteiger partial charge in [0.15, 0.2) is 17.7 Å². The van der Waals surface area contributed by atoms with Crippen LogP contribution in [0.2, 0.25) is 0 Å². The highest BCUT2D eigenvalue weighted by atomic mass is 16.7. The van der Waals surface area contributed by atoms with Crippen LogP contribution in [-0.4, -0.2) is 59.3 Å². The van der Waals surface area contributed by atoms with E-state index in [2.05, 4.69) is 39.8 Å². The highest BCUT2D eigenvalue weighted by molar-refractivity contribution is 6.03. The maximum absolute atomic E-state index is 13.8. The molecule has 4 aliphatic heterocycles. The third kappa shape index (κ3) is 5.48. The zero-order valence-electron chi connectivity index (χ0n) is 24.0. The minimum absolute atomic E-state index is 0.0857. The zero-order valence-corrected chi connectivity index (χ0v) is 24.0. The van der Waals surface area contributed by atoms with Crippen LogP contribution in [0.3, 0.4) is 0 Å². The third-order valence-corrected chi connectivity index (χ3v) is 9.31. The summed E-state index contributed by atoms with van der Waals surface area (Å²) in [4.78, 5) is 26.8. The molecule has 39 heavy (non-hydrogen) atoms. The molecule has 3 saturated heterocycles. The lowest BCUT2D eigenvalue weighted by Gasteiger charge is -2.49. The van der Waals surface area contributed by atoms with Crippen LogP contribution in [0.1, 0.15) is 79.6 Å². The highest BCUT2D eigenvalue weighted by Crippen LogP contribution is 2.46. The van der Waals surface area contributed by atoms with Gasteiger partial charge in [-0.1, -0.05) is 56.7 Å². The number of esters is 1. The predicted octanol–water partition coefficient (Wildman–Crippen LogP) is 5.13. The number of ketones is 1. The van der Waals surface area contributed by atoms with Crippen LogP contribution in [0.4, 0.5) is 0 Å². The Hall–Kier alpha value is -2.06. The van der Waals surface area contributed by atoms with E-state index < -0.39 is 35.5 Å². The molecule has 7 nitrogen and oxygen atoms in total. The SMILES string of the molecule is CC[C@H]1O[C@@]2(CC[C@@H]1C)C[C@@H]1C[C@@H](C/C=C(\C)C[C@@H](C)/C=C/C=C3\CO[C@@H]4C(=O)C(C)=C[C@@H](C(=O)O1)[C@]34O)O2. The van der Waals surface area contributed by atoms with Crippen molar-refractivity contribution in [2.45, 2.75) is 115 Å². The number of carbonyl (C=O) groups is 2. The van der Waals surface area contributed by atoms with Crippen molar-refractivity contribution in [3.8, 4) is 0 Å². The predicted molar refractivity (Wildman–Crippen MR) is 147 cm³/mol. The lowest BCUT2D eigenvalue weighted by atomic mass is 9.71. The van der Waals surface area contributed by atoms with Crippen LogP contribution in [0.25, 0.3) is 0 Å². The molecule has 0 amide bonds. The fourth-order valence-corrected chi connectivity index (χ4v) is 7.07. The molecule has 5 rings (SSSR count). The van der Waals surface area contributed by atoms with E-state index in [4.69, 9.17) is 18.9 Å². The highest BCUT2D eigenvalue weighted by Gasteiger charge is 2.60. The molecular weight excluding hydrogens is 496 g/mol. The summed E-state index contributed by atoms with van der Waals surface area (Å²) in [6.45, 7) is 10.4. The molecule has 0 radical (unpaired) electrons. The summed E-state index contributed by atoms with van der Waals surface area (Å²) in [5.41, 5.74) is 0.421. The molecule has 1 aliphatic carbocycles. The second kappa shape index (κ2) is 11.1. The van der Waals surface area contributed by atoms with Gasteiger partial charge in [-0.3, -0.25) is 9.59 Å². The minimum atomic E-state index is -1.78. The molecule has 214 valence electrons. The third-order valence-electron chi connectivity index (χ3n) is 9.31. The fourth-order valence-electron chi connectivity index (χ4n) is 7.07. The molecular formula is C32H44O7. The van der Waals surface area contributed by atoms with E-state index in [-0.39, 0.29) is 30.5 Å². The molecule has 1 spiro atoms. The summed E-state index contributed by atoms with van der Waals surface area (Å²) < 4.78 is 25.3. The van der Waals surface area contributed by atoms with Crippen molar-refractivity contribution in [1.82, 2.24) is 0 Å². The van der Waals surface area contributed by atoms with Crippen LogP contribution in [0.5, 0.6) is 0 Å². The van der Waals surface area contributed by atoms with Crippen LogP contribution in [-0.2, 0) is 28.5 Å². The van der Waals surface area contributed by atoms with Gasteiger partial charge in [0, 0.05) is 19.3 Å². The second-order valence-corrected chi connectivity index (χ2v) is 12.5. The van der Waals surface area contributed by atoms with E-state index in [0.29, 0.717) is 36.3 Å². The van der Waals surface area contributed by atoms with E-state index in [9.17, 15) is 14.7 Å². The number of Topliss-reactive ketones (excluding diaryl/α,β-unsaturated/α-hetero) is 1. The Morgan fingerprint density at radius 3 is 2.69 bits per heavy atom. The quantitative estimate of drug-likeness (QED) is 0.364. The van der Waals surface area contributed by atoms with Crippen molar-refractivity contribution >= 4 is 11.8 Å². The van der Waals surface area contributed by atoms with Crippen LogP contribution in [0, 0.1) is 17.8 Å². The summed E-state index contributed by atoms with van der Waals surface area (Å²) in [5, 5.41) is 12.0. The average molecular weight is 541 g/mol. The standard InChI is InChI=1S/C32H44O7/c1-6-27-21(4)12-13-31(39-27)17-25-16-24(38-31)11-10-20(3)14-19(2)8-7-9-23-18-36-29-28(33)22(5)15-26(30(34)37-25)32(23,29)35/h7-10,15,19,21,24-27,29,35H,6,11-14,16-18H2,1-5H3/b8-7+,20-10+,23-9+/t19-,21-,24+,25-,26-,27+,29+,31-,32+/m0/s1. The molecule has 0 saturated carbocycles. The van der Waals surface area contributed by atoms with E-state index >= 15 is 0 Å².